The van der Waals surface area contributed by atoms with E-state index in [0.717, 1.165) is 19.3 Å². The van der Waals surface area contributed by atoms with Crippen LogP contribution in [-0.4, -0.2) is 30.2 Å². The number of hydrogen-bond acceptors (Lipinski definition) is 3. The molecule has 0 aliphatic carbocycles. The van der Waals surface area contributed by atoms with Crippen LogP contribution in [0.25, 0.3) is 0 Å². The number of ketones is 1. The Kier molecular flexibility index (Phi) is 5.80. The summed E-state index contributed by atoms with van der Waals surface area (Å²) in [6.45, 7) is 0.279. The van der Waals surface area contributed by atoms with Crippen molar-refractivity contribution >= 4 is 5.78 Å². The van der Waals surface area contributed by atoms with Gasteiger partial charge in [0.1, 0.15) is 12.7 Å². The molecule has 14 heavy (non-hydrogen) atoms. The largest absolute Gasteiger partial charge is 0.388 e. The molecule has 1 N–H and O–H groups in total. The Balaban J connectivity index is 2.34. The molecule has 0 radical (unpaired) electrons. The molecule has 3 nitrogen and oxygen atoms in total. The molecule has 1 saturated heterocycles. The summed E-state index contributed by atoms with van der Waals surface area (Å²) in [4.78, 5) is 11.3. The Morgan fingerprint density at radius 1 is 1.14 bits per heavy atom. The van der Waals surface area contributed by atoms with E-state index in [1.807, 2.05) is 0 Å². The standard InChI is InChI=1S/C11H20O3/c12-9-10(13)11-7-5-3-1-2-4-6-8-14-11/h11-12H,1-9H2. The molecule has 1 rings (SSSR count). The number of aliphatic hydroxyl groups is 1. The minimum Gasteiger partial charge on any atom is -0.388 e. The van der Waals surface area contributed by atoms with E-state index in [1.165, 1.54) is 25.7 Å². The van der Waals surface area contributed by atoms with E-state index in [9.17, 15) is 4.79 Å². The second-order valence-corrected chi connectivity index (χ2v) is 3.89. The average molecular weight is 200 g/mol. The first kappa shape index (κ1) is 11.7. The molecule has 82 valence electrons. The molecule has 1 fully saturated rings. The van der Waals surface area contributed by atoms with Gasteiger partial charge in [-0.05, 0) is 12.8 Å². The van der Waals surface area contributed by atoms with Crippen molar-refractivity contribution < 1.29 is 14.6 Å². The molecule has 0 aromatic rings. The van der Waals surface area contributed by atoms with E-state index in [0.29, 0.717) is 6.61 Å². The lowest BCUT2D eigenvalue weighted by Crippen LogP contribution is -2.27. The predicted octanol–water partition coefficient (Wildman–Crippen LogP) is 1.68. The van der Waals surface area contributed by atoms with Gasteiger partial charge in [0.15, 0.2) is 5.78 Å². The number of ether oxygens (including phenoxy) is 1. The maximum Gasteiger partial charge on any atom is 0.186 e. The van der Waals surface area contributed by atoms with Crippen molar-refractivity contribution in [2.24, 2.45) is 0 Å². The van der Waals surface area contributed by atoms with Crippen LogP contribution in [0.1, 0.15) is 44.9 Å². The van der Waals surface area contributed by atoms with Crippen molar-refractivity contribution in [3.63, 3.8) is 0 Å². The van der Waals surface area contributed by atoms with Gasteiger partial charge >= 0.3 is 0 Å². The van der Waals surface area contributed by atoms with Crippen LogP contribution in [0.5, 0.6) is 0 Å². The van der Waals surface area contributed by atoms with E-state index in [2.05, 4.69) is 0 Å². The quantitative estimate of drug-likeness (QED) is 0.737. The first-order valence-corrected chi connectivity index (χ1v) is 5.60. The third kappa shape index (κ3) is 4.20. The Bertz CT molecular complexity index is 158. The first-order valence-electron chi connectivity index (χ1n) is 5.60. The minimum absolute atomic E-state index is 0.162. The van der Waals surface area contributed by atoms with Crippen LogP contribution in [0.3, 0.4) is 0 Å². The van der Waals surface area contributed by atoms with E-state index < -0.39 is 0 Å². The molecule has 0 amide bonds. The molecular weight excluding hydrogens is 180 g/mol. The number of aliphatic hydroxyl groups excluding tert-OH is 1. The highest BCUT2D eigenvalue weighted by molar-refractivity contribution is 5.83. The summed E-state index contributed by atoms with van der Waals surface area (Å²) in [6.07, 6.45) is 7.42. The Morgan fingerprint density at radius 2 is 1.79 bits per heavy atom. The van der Waals surface area contributed by atoms with E-state index in [4.69, 9.17) is 9.84 Å². The van der Waals surface area contributed by atoms with Gasteiger partial charge in [-0.15, -0.1) is 0 Å². The van der Waals surface area contributed by atoms with Crippen LogP contribution in [-0.2, 0) is 9.53 Å². The fourth-order valence-electron chi connectivity index (χ4n) is 1.80. The van der Waals surface area contributed by atoms with Gasteiger partial charge in [0.2, 0.25) is 0 Å². The normalized spacial score (nSPS) is 25.6. The minimum atomic E-state index is -0.384. The lowest BCUT2D eigenvalue weighted by molar-refractivity contribution is -0.134. The predicted molar refractivity (Wildman–Crippen MR) is 54.2 cm³/mol. The summed E-state index contributed by atoms with van der Waals surface area (Å²) in [7, 11) is 0. The van der Waals surface area contributed by atoms with Crippen LogP contribution in [0.2, 0.25) is 0 Å². The maximum atomic E-state index is 11.3. The zero-order valence-electron chi connectivity index (χ0n) is 8.71. The number of carbonyl (C=O) groups is 1. The molecule has 1 aliphatic heterocycles. The molecule has 0 bridgehead atoms. The average Bonchev–Trinajstić information content (AvgIpc) is 2.24. The smallest absolute Gasteiger partial charge is 0.186 e. The highest BCUT2D eigenvalue weighted by Crippen LogP contribution is 2.14. The van der Waals surface area contributed by atoms with Gasteiger partial charge < -0.3 is 9.84 Å². The molecule has 1 aliphatic rings. The first-order chi connectivity index (χ1) is 6.84. The summed E-state index contributed by atoms with van der Waals surface area (Å²) in [6, 6.07) is 0. The summed E-state index contributed by atoms with van der Waals surface area (Å²) >= 11 is 0. The Labute approximate surface area is 85.5 Å². The van der Waals surface area contributed by atoms with Crippen LogP contribution in [0.4, 0.5) is 0 Å². The number of hydrogen-bond donors (Lipinski definition) is 1. The molecule has 3 heteroatoms. The van der Waals surface area contributed by atoms with Crippen molar-refractivity contribution in [1.29, 1.82) is 0 Å². The monoisotopic (exact) mass is 200 g/mol. The molecule has 1 atom stereocenters. The van der Waals surface area contributed by atoms with Gasteiger partial charge in [0.05, 0.1) is 0 Å². The SMILES string of the molecule is O=C(CO)C1CCCCCCCCO1. The van der Waals surface area contributed by atoms with Gasteiger partial charge in [-0.2, -0.15) is 0 Å². The second-order valence-electron chi connectivity index (χ2n) is 3.89. The highest BCUT2D eigenvalue weighted by Gasteiger charge is 2.17. The zero-order chi connectivity index (χ0) is 10.2. The molecular formula is C11H20O3. The Morgan fingerprint density at radius 3 is 2.50 bits per heavy atom. The van der Waals surface area contributed by atoms with Crippen LogP contribution in [0, 0.1) is 0 Å². The number of Topliss-reactive ketones (excluding diaryl/α,β-unsaturated/α-hetero) is 1. The van der Waals surface area contributed by atoms with Gasteiger partial charge in [-0.1, -0.05) is 32.1 Å². The van der Waals surface area contributed by atoms with Crippen molar-refractivity contribution in [2.45, 2.75) is 51.0 Å². The van der Waals surface area contributed by atoms with E-state index in [1.54, 1.807) is 0 Å². The second kappa shape index (κ2) is 6.96. The zero-order valence-corrected chi connectivity index (χ0v) is 8.71. The van der Waals surface area contributed by atoms with Gasteiger partial charge in [0.25, 0.3) is 0 Å². The van der Waals surface area contributed by atoms with E-state index >= 15 is 0 Å². The van der Waals surface area contributed by atoms with E-state index in [-0.39, 0.29) is 18.5 Å². The summed E-state index contributed by atoms with van der Waals surface area (Å²) < 4.78 is 5.46. The van der Waals surface area contributed by atoms with Crippen molar-refractivity contribution in [1.82, 2.24) is 0 Å². The van der Waals surface area contributed by atoms with Crippen LogP contribution >= 0.6 is 0 Å². The highest BCUT2D eigenvalue weighted by atomic mass is 16.5. The Hall–Kier alpha value is -0.410. The summed E-state index contributed by atoms with van der Waals surface area (Å²) in [5.74, 6) is -0.162. The molecule has 0 aromatic heterocycles. The molecule has 1 heterocycles. The van der Waals surface area contributed by atoms with Gasteiger partial charge in [0, 0.05) is 6.61 Å². The van der Waals surface area contributed by atoms with Crippen LogP contribution < -0.4 is 0 Å². The van der Waals surface area contributed by atoms with Gasteiger partial charge in [-0.25, -0.2) is 0 Å². The van der Waals surface area contributed by atoms with Crippen molar-refractivity contribution in [3.8, 4) is 0 Å². The molecule has 1 unspecified atom stereocenters. The number of carbonyl (C=O) groups excluding carboxylic acids is 1. The lowest BCUT2D eigenvalue weighted by atomic mass is 10.0. The fourth-order valence-corrected chi connectivity index (χ4v) is 1.80. The topological polar surface area (TPSA) is 46.5 Å². The summed E-state index contributed by atoms with van der Waals surface area (Å²) in [5, 5.41) is 8.75. The van der Waals surface area contributed by atoms with Crippen molar-refractivity contribution in [2.75, 3.05) is 13.2 Å². The molecule has 0 saturated carbocycles. The fraction of sp³-hybridized carbons (Fsp3) is 0.909. The number of rotatable bonds is 2. The maximum absolute atomic E-state index is 11.3. The molecule has 0 spiro atoms. The third-order valence-corrected chi connectivity index (χ3v) is 2.69. The van der Waals surface area contributed by atoms with Gasteiger partial charge in [-0.3, -0.25) is 4.79 Å². The summed E-state index contributed by atoms with van der Waals surface area (Å²) in [5.41, 5.74) is 0. The van der Waals surface area contributed by atoms with Crippen molar-refractivity contribution in [3.05, 3.63) is 0 Å². The van der Waals surface area contributed by atoms with Crippen LogP contribution in [0.15, 0.2) is 0 Å². The third-order valence-electron chi connectivity index (χ3n) is 2.69. The molecule has 0 aromatic carbocycles. The lowest BCUT2D eigenvalue weighted by Gasteiger charge is -2.17.